The molecule has 4 saturated heterocycles. The molecule has 37 heteroatoms. The molecule has 4 aromatic rings. The molecule has 0 spiro atoms. The maximum absolute atomic E-state index is 12.8. The van der Waals surface area contributed by atoms with Crippen molar-refractivity contribution in [3.05, 3.63) is 138 Å². The Balaban J connectivity index is 0.000000199. The van der Waals surface area contributed by atoms with Crippen molar-refractivity contribution in [1.29, 1.82) is 0 Å². The van der Waals surface area contributed by atoms with Gasteiger partial charge in [0.1, 0.15) is 54.2 Å². The van der Waals surface area contributed by atoms with Crippen molar-refractivity contribution in [3.8, 4) is 24.2 Å². The summed E-state index contributed by atoms with van der Waals surface area (Å²) < 4.78 is 37.1. The van der Waals surface area contributed by atoms with Crippen LogP contribution in [0.2, 0.25) is 0 Å². The van der Waals surface area contributed by atoms with Crippen molar-refractivity contribution in [2.24, 2.45) is 0 Å². The number of rotatable bonds is 26. The molecule has 0 aromatic heterocycles. The number of carboxylic acids is 1. The molecule has 12 rings (SSSR count). The van der Waals surface area contributed by atoms with E-state index in [0.29, 0.717) is 55.5 Å². The zero-order valence-corrected chi connectivity index (χ0v) is 72.0. The number of fused-ring (bicyclic) bond motifs is 4. The molecule has 0 radical (unpaired) electrons. The first-order valence-electron chi connectivity index (χ1n) is 40.1. The molecule has 4 atom stereocenters. The Labute approximate surface area is 727 Å². The van der Waals surface area contributed by atoms with Crippen LogP contribution in [0.15, 0.2) is 77.3 Å². The van der Waals surface area contributed by atoms with Crippen molar-refractivity contribution >= 4 is 134 Å². The van der Waals surface area contributed by atoms with E-state index in [-0.39, 0.29) is 178 Å². The average molecular weight is 1790 g/mol. The molecule has 8 aliphatic rings. The van der Waals surface area contributed by atoms with E-state index >= 15 is 0 Å². The summed E-state index contributed by atoms with van der Waals surface area (Å²) in [6, 6.07) is 15.5. The number of ether oxygens (including phenoxy) is 7. The van der Waals surface area contributed by atoms with Crippen molar-refractivity contribution in [2.75, 3.05) is 52.9 Å². The van der Waals surface area contributed by atoms with Gasteiger partial charge < -0.3 is 38.3 Å². The highest BCUT2D eigenvalue weighted by Crippen LogP contribution is 2.34. The highest BCUT2D eigenvalue weighted by molar-refractivity contribution is 9.10. The van der Waals surface area contributed by atoms with Gasteiger partial charge in [0.25, 0.3) is 47.3 Å². The zero-order chi connectivity index (χ0) is 91.9. The fraction of sp³-hybridized carbons (Fsp3) is 0.455. The van der Waals surface area contributed by atoms with Crippen LogP contribution in [-0.2, 0) is 104 Å². The Kier molecular flexibility index (Phi) is 34.5. The van der Waals surface area contributed by atoms with E-state index in [1.165, 1.54) is 12.1 Å². The van der Waals surface area contributed by atoms with Crippen LogP contribution in [0.4, 0.5) is 0 Å². The Morgan fingerprint density at radius 2 is 0.688 bits per heavy atom. The first-order chi connectivity index (χ1) is 58.9. The Morgan fingerprint density at radius 1 is 0.392 bits per heavy atom. The van der Waals surface area contributed by atoms with Crippen LogP contribution in [0.5, 0.6) is 0 Å². The van der Waals surface area contributed by atoms with Crippen molar-refractivity contribution < 1.29 is 134 Å². The minimum Gasteiger partial charge on any atom is -0.481 e. The summed E-state index contributed by atoms with van der Waals surface area (Å²) in [7, 11) is 0. The number of carboxylic acid groups (broad SMARTS) is 1. The van der Waals surface area contributed by atoms with Gasteiger partial charge in [-0.3, -0.25) is 137 Å². The summed E-state index contributed by atoms with van der Waals surface area (Å²) in [6.07, 6.45) is 8.85. The number of aryl methyl sites for hydroxylation is 2. The number of hydrogen-bond acceptors (Lipinski definition) is 27. The van der Waals surface area contributed by atoms with Gasteiger partial charge in [-0.2, -0.15) is 0 Å². The van der Waals surface area contributed by atoms with Crippen LogP contribution < -0.4 is 21.3 Å². The smallest absolute Gasteiger partial charge is 0.308 e. The quantitative estimate of drug-likeness (QED) is 0.0166. The SMILES string of the molecule is C#CCOCCC(=O)OC(C)(C)C.CC(C)(C)OC(=O)CCOCC#Cc1ccc2c(c1)C(=O)N(C1CCC(=O)NC1=O)C2=O.CC(C)(C)OC(=O)CCOCCCc1ccc2c(c1)C(=O)N(C1CCC(=O)NC1=O)C2=O.O=C(O)CCOCCCc1ccc2c(c1)C(=O)N(C1CCC(=O)NC1=O)C2=O.O=C1CCC(N2C(=O)c3ccc(Br)cc3C2=O)C(=O)N1. The van der Waals surface area contributed by atoms with E-state index in [4.69, 9.17) is 44.7 Å². The second kappa shape index (κ2) is 44.1. The molecule has 16 amide bonds. The molecule has 125 heavy (non-hydrogen) atoms. The normalized spacial score (nSPS) is 18.3. The molecular formula is C88H97BrN8O28. The first kappa shape index (κ1) is 97.8. The molecule has 664 valence electrons. The topological polar surface area (TPSA) is 487 Å². The maximum atomic E-state index is 12.8. The van der Waals surface area contributed by atoms with Crippen LogP contribution in [0.1, 0.15) is 252 Å². The molecule has 0 bridgehead atoms. The minimum atomic E-state index is -1.01. The van der Waals surface area contributed by atoms with Gasteiger partial charge >= 0.3 is 23.9 Å². The zero-order valence-electron chi connectivity index (χ0n) is 70.4. The lowest BCUT2D eigenvalue weighted by atomic mass is 10.0. The third-order valence-corrected chi connectivity index (χ3v) is 19.5. The summed E-state index contributed by atoms with van der Waals surface area (Å²) in [5, 5.41) is 17.2. The molecule has 4 fully saturated rings. The summed E-state index contributed by atoms with van der Waals surface area (Å²) in [5.74, 6) is -2.26. The molecule has 8 aliphatic heterocycles. The predicted molar refractivity (Wildman–Crippen MR) is 439 cm³/mol. The highest BCUT2D eigenvalue weighted by atomic mass is 79.9. The molecule has 8 heterocycles. The van der Waals surface area contributed by atoms with Crippen LogP contribution >= 0.6 is 15.9 Å². The highest BCUT2D eigenvalue weighted by Gasteiger charge is 2.49. The standard InChI is InChI=1S/C23H28N2O7.C23H24N2O7.C19H20N2O7.C13H9BrN2O4.C10H16O3/c2*1-23(2,3)32-19(27)10-12-31-11-4-5-14-6-7-15-16(13-14)22(30)25(21(15)29)17-8-9-18(26)24-20(17)28;22-15-6-5-14(17(25)20-15)21-18(26)12-4-3-11(10-13(12)19(21)27)2-1-8-28-9-7-16(23)24;14-6-1-2-7-8(5-6)13(20)16(12(7)19)9-3-4-10(17)15-11(9)18;1-5-7-12-8-6-9(11)13-10(2,3)4/h6-7,13,17H,4-5,8-12H2,1-3H3,(H,24,26,28);6-7,13,17H,8-12H2,1-3H3,(H,24,26,28);3-4,10,14H,1-2,5-9H2,(H,23,24)(H,20,22,25);1-2,5,9H,3-4H2,(H,15,17,18);1H,6-8H2,2-4H3. The summed E-state index contributed by atoms with van der Waals surface area (Å²) in [5.41, 5.74) is 2.66. The lowest BCUT2D eigenvalue weighted by Crippen LogP contribution is -2.54. The molecule has 0 aliphatic carbocycles. The van der Waals surface area contributed by atoms with Gasteiger partial charge in [0.2, 0.25) is 47.3 Å². The van der Waals surface area contributed by atoms with Gasteiger partial charge in [-0.25, -0.2) is 0 Å². The monoisotopic (exact) mass is 1790 g/mol. The number of carbonyl (C=O) groups excluding carboxylic acids is 19. The molecule has 5 N–H and O–H groups in total. The van der Waals surface area contributed by atoms with E-state index in [0.717, 1.165) is 30.7 Å². The number of terminal acetylenes is 1. The predicted octanol–water partition coefficient (Wildman–Crippen LogP) is 5.69. The second-order valence-corrected chi connectivity index (χ2v) is 33.1. The third kappa shape index (κ3) is 27.7. The number of halogens is 1. The number of imide groups is 8. The van der Waals surface area contributed by atoms with Crippen molar-refractivity contribution in [1.82, 2.24) is 40.9 Å². The first-order valence-corrected chi connectivity index (χ1v) is 40.9. The number of carbonyl (C=O) groups is 20. The maximum Gasteiger partial charge on any atom is 0.308 e. The number of nitrogens with one attached hydrogen (secondary N) is 4. The molecule has 4 unspecified atom stereocenters. The summed E-state index contributed by atoms with van der Waals surface area (Å²) in [6.45, 7) is 18.3. The lowest BCUT2D eigenvalue weighted by Gasteiger charge is -2.27. The van der Waals surface area contributed by atoms with Crippen molar-refractivity contribution in [2.45, 2.75) is 206 Å². The minimum absolute atomic E-state index is 0.0500. The number of nitrogens with zero attached hydrogens (tertiary/aromatic N) is 4. The van der Waals surface area contributed by atoms with E-state index in [1.807, 2.05) is 41.5 Å². The van der Waals surface area contributed by atoms with Gasteiger partial charge in [-0.1, -0.05) is 45.8 Å². The fourth-order valence-electron chi connectivity index (χ4n) is 13.5. The van der Waals surface area contributed by atoms with E-state index < -0.39 is 136 Å². The third-order valence-electron chi connectivity index (χ3n) is 19.0. The van der Waals surface area contributed by atoms with Gasteiger partial charge in [0.15, 0.2) is 0 Å². The largest absolute Gasteiger partial charge is 0.481 e. The second-order valence-electron chi connectivity index (χ2n) is 32.2. The number of aliphatic carboxylic acids is 1. The van der Waals surface area contributed by atoms with Crippen LogP contribution in [-0.4, -0.2) is 237 Å². The summed E-state index contributed by atoms with van der Waals surface area (Å²) in [4.78, 5) is 243. The van der Waals surface area contributed by atoms with E-state index in [2.05, 4.69) is 55.0 Å². The molecular weight excluding hydrogens is 1700 g/mol. The number of piperidine rings is 4. The number of benzene rings is 4. The van der Waals surface area contributed by atoms with Gasteiger partial charge in [-0.15, -0.1) is 6.42 Å². The molecule has 36 nitrogen and oxygen atoms in total. The van der Waals surface area contributed by atoms with Crippen molar-refractivity contribution in [3.63, 3.8) is 0 Å². The number of hydrogen-bond donors (Lipinski definition) is 5. The average Bonchev–Trinajstić information content (AvgIpc) is 1.63. The fourth-order valence-corrected chi connectivity index (χ4v) is 13.9. The lowest BCUT2D eigenvalue weighted by molar-refractivity contribution is -0.157. The Hall–Kier alpha value is -12.7. The van der Waals surface area contributed by atoms with E-state index in [9.17, 15) is 95.9 Å². The van der Waals surface area contributed by atoms with E-state index in [1.54, 1.807) is 81.4 Å². The summed E-state index contributed by atoms with van der Waals surface area (Å²) >= 11 is 3.24. The Morgan fingerprint density at radius 3 is 1.02 bits per heavy atom. The van der Waals surface area contributed by atoms with Crippen LogP contribution in [0.25, 0.3) is 0 Å². The van der Waals surface area contributed by atoms with Gasteiger partial charge in [0.05, 0.1) is 96.6 Å². The van der Waals surface area contributed by atoms with Crippen LogP contribution in [0, 0.1) is 24.2 Å². The molecule has 4 aromatic carbocycles. The molecule has 0 saturated carbocycles. The van der Waals surface area contributed by atoms with Gasteiger partial charge in [-0.05, 0) is 185 Å². The van der Waals surface area contributed by atoms with Gasteiger partial charge in [0, 0.05) is 48.9 Å². The van der Waals surface area contributed by atoms with Crippen LogP contribution in [0.3, 0.4) is 0 Å². The Bertz CT molecular complexity index is 5090. The number of esters is 3. The number of amides is 16.